The van der Waals surface area contributed by atoms with Crippen molar-refractivity contribution in [2.45, 2.75) is 52.4 Å². The second kappa shape index (κ2) is 11.1. The van der Waals surface area contributed by atoms with Crippen LogP contribution >= 0.6 is 0 Å². The highest BCUT2D eigenvalue weighted by molar-refractivity contribution is 6.10. The average Bonchev–Trinajstić information content (AvgIpc) is 3.75. The van der Waals surface area contributed by atoms with Gasteiger partial charge in [-0.15, -0.1) is 0 Å². The number of pyridine rings is 1. The molecule has 0 N–H and O–H groups in total. The molecule has 0 saturated carbocycles. The number of benzene rings is 5. The van der Waals surface area contributed by atoms with Gasteiger partial charge >= 0.3 is 0 Å². The summed E-state index contributed by atoms with van der Waals surface area (Å²) >= 11 is 0. The highest BCUT2D eigenvalue weighted by Crippen LogP contribution is 2.46. The Morgan fingerprint density at radius 1 is 0.608 bits per heavy atom. The lowest BCUT2D eigenvalue weighted by molar-refractivity contribution is 0.479. The summed E-state index contributed by atoms with van der Waals surface area (Å²) in [6, 6.07) is 38.7. The van der Waals surface area contributed by atoms with Crippen molar-refractivity contribution in [3.63, 3.8) is 0 Å². The smallest absolute Gasteiger partial charge is 0.137 e. The molecule has 0 spiro atoms. The zero-order valence-corrected chi connectivity index (χ0v) is 30.3. The van der Waals surface area contributed by atoms with Gasteiger partial charge in [-0.1, -0.05) is 77.9 Å². The molecule has 0 amide bonds. The molecule has 6 nitrogen and oxygen atoms in total. The van der Waals surface area contributed by atoms with Gasteiger partial charge in [0.2, 0.25) is 0 Å². The number of ether oxygens (including phenoxy) is 1. The molecule has 0 radical (unpaired) electrons. The summed E-state index contributed by atoms with van der Waals surface area (Å²) in [6.45, 7) is 14.2. The zero-order valence-electron chi connectivity index (χ0n) is 30.3. The maximum Gasteiger partial charge on any atom is 0.137 e. The molecule has 51 heavy (non-hydrogen) atoms. The van der Waals surface area contributed by atoms with Gasteiger partial charge in [0.1, 0.15) is 28.5 Å². The number of rotatable bonds is 4. The monoisotopic (exact) mass is 670 g/mol. The lowest BCUT2D eigenvalue weighted by Gasteiger charge is -2.25. The maximum atomic E-state index is 6.83. The van der Waals surface area contributed by atoms with E-state index in [0.29, 0.717) is 0 Å². The normalized spacial score (nSPS) is 13.6. The number of para-hydroxylation sites is 2. The summed E-state index contributed by atoms with van der Waals surface area (Å²) in [5, 5.41) is 4.61. The fraction of sp³-hybridized carbons (Fsp3) is 0.222. The number of anilines is 3. The Kier molecular flexibility index (Phi) is 6.82. The fourth-order valence-electron chi connectivity index (χ4n) is 7.49. The first-order chi connectivity index (χ1) is 24.4. The third-order valence-electron chi connectivity index (χ3n) is 10.3. The summed E-state index contributed by atoms with van der Waals surface area (Å²) in [5.74, 6) is 2.48. The van der Waals surface area contributed by atoms with E-state index in [4.69, 9.17) is 14.1 Å². The van der Waals surface area contributed by atoms with Crippen LogP contribution in [-0.2, 0) is 10.8 Å². The van der Waals surface area contributed by atoms with Gasteiger partial charge in [0.15, 0.2) is 0 Å². The summed E-state index contributed by atoms with van der Waals surface area (Å²) in [4.78, 5) is 9.53. The average molecular weight is 671 g/mol. The van der Waals surface area contributed by atoms with Crippen molar-refractivity contribution < 1.29 is 9.15 Å². The first-order valence-corrected chi connectivity index (χ1v) is 17.7. The van der Waals surface area contributed by atoms with E-state index in [9.17, 15) is 0 Å². The van der Waals surface area contributed by atoms with Gasteiger partial charge in [0, 0.05) is 58.7 Å². The molecule has 8 aromatic rings. The van der Waals surface area contributed by atoms with Crippen LogP contribution < -0.4 is 14.5 Å². The molecule has 5 aromatic carbocycles. The largest absolute Gasteiger partial charge is 0.457 e. The van der Waals surface area contributed by atoms with Crippen molar-refractivity contribution in [1.29, 1.82) is 0 Å². The van der Waals surface area contributed by atoms with E-state index in [1.54, 1.807) is 0 Å². The Bertz CT molecular complexity index is 2650. The summed E-state index contributed by atoms with van der Waals surface area (Å²) < 4.78 is 15.3. The van der Waals surface area contributed by atoms with Gasteiger partial charge in [-0.05, 0) is 76.6 Å². The predicted octanol–water partition coefficient (Wildman–Crippen LogP) is 12.0. The van der Waals surface area contributed by atoms with Crippen LogP contribution in [0.2, 0.25) is 0 Å². The van der Waals surface area contributed by atoms with E-state index in [1.807, 2.05) is 18.3 Å². The molecule has 254 valence electrons. The molecule has 0 unspecified atom stereocenters. The summed E-state index contributed by atoms with van der Waals surface area (Å²) in [5.41, 5.74) is 9.76. The Hall–Kier alpha value is -5.75. The number of aromatic nitrogens is 2. The summed E-state index contributed by atoms with van der Waals surface area (Å²) in [6.07, 6.45) is 1.92. The second-order valence-corrected chi connectivity index (χ2v) is 16.0. The Morgan fingerprint density at radius 3 is 2.16 bits per heavy atom. The van der Waals surface area contributed by atoms with E-state index in [0.717, 1.165) is 74.0 Å². The second-order valence-electron chi connectivity index (χ2n) is 16.0. The topological polar surface area (TPSA) is 46.7 Å². The van der Waals surface area contributed by atoms with Crippen molar-refractivity contribution in [2.75, 3.05) is 23.5 Å². The highest BCUT2D eigenvalue weighted by atomic mass is 16.5. The Morgan fingerprint density at radius 2 is 1.35 bits per heavy atom. The standard InChI is InChI=1S/C45H42N4O2/c1-44(2,3)28-18-19-46-43(22-28)49-37-14-10-8-12-33(37)34-17-16-31(24-38(34)49)50-32-21-29(45(4,5)6)20-30(23-32)48-27-47(7)39-26-42-36(25-40(39)48)35-13-9-11-15-41(35)51-42/h8-26H,27H2,1-7H3. The van der Waals surface area contributed by atoms with Crippen molar-refractivity contribution in [1.82, 2.24) is 9.55 Å². The SMILES string of the molecule is CN1CN(c2cc(Oc3ccc4c5ccccc5n(-c5cc(C(C)(C)C)ccn5)c4c3)cc(C(C)(C)C)c2)c2cc3c(cc21)oc1ccccc13. The quantitative estimate of drug-likeness (QED) is 0.186. The van der Waals surface area contributed by atoms with E-state index in [1.165, 1.54) is 21.9 Å². The number of nitrogens with zero attached hydrogens (tertiary/aromatic N) is 4. The van der Waals surface area contributed by atoms with Crippen LogP contribution in [0.4, 0.5) is 17.1 Å². The van der Waals surface area contributed by atoms with Crippen molar-refractivity contribution in [3.8, 4) is 17.3 Å². The number of furan rings is 1. The van der Waals surface area contributed by atoms with E-state index in [2.05, 4.69) is 160 Å². The van der Waals surface area contributed by atoms with Crippen LogP contribution in [0, 0.1) is 0 Å². The molecule has 1 aliphatic rings. The maximum absolute atomic E-state index is 6.83. The van der Waals surface area contributed by atoms with Crippen LogP contribution in [0.15, 0.2) is 120 Å². The molecule has 0 atom stereocenters. The molecule has 0 saturated heterocycles. The molecule has 0 aliphatic carbocycles. The third-order valence-corrected chi connectivity index (χ3v) is 10.3. The minimum Gasteiger partial charge on any atom is -0.457 e. The number of fused-ring (bicyclic) bond motifs is 7. The van der Waals surface area contributed by atoms with E-state index >= 15 is 0 Å². The van der Waals surface area contributed by atoms with Crippen LogP contribution in [0.25, 0.3) is 49.6 Å². The molecule has 3 aromatic heterocycles. The van der Waals surface area contributed by atoms with Gasteiger partial charge in [-0.2, -0.15) is 0 Å². The van der Waals surface area contributed by atoms with Crippen LogP contribution in [0.5, 0.6) is 11.5 Å². The van der Waals surface area contributed by atoms with Gasteiger partial charge in [0.05, 0.1) is 29.1 Å². The van der Waals surface area contributed by atoms with Gasteiger partial charge in [-0.3, -0.25) is 4.57 Å². The van der Waals surface area contributed by atoms with Crippen molar-refractivity contribution in [3.05, 3.63) is 127 Å². The molecule has 1 aliphatic heterocycles. The lowest BCUT2D eigenvalue weighted by Crippen LogP contribution is -2.24. The van der Waals surface area contributed by atoms with Crippen LogP contribution in [-0.4, -0.2) is 23.3 Å². The Balaban J connectivity index is 1.16. The molecule has 0 fully saturated rings. The highest BCUT2D eigenvalue weighted by Gasteiger charge is 2.28. The molecular weight excluding hydrogens is 629 g/mol. The fourth-order valence-corrected chi connectivity index (χ4v) is 7.49. The summed E-state index contributed by atoms with van der Waals surface area (Å²) in [7, 11) is 2.14. The Labute approximate surface area is 298 Å². The van der Waals surface area contributed by atoms with Crippen LogP contribution in [0.3, 0.4) is 0 Å². The van der Waals surface area contributed by atoms with E-state index in [-0.39, 0.29) is 10.8 Å². The zero-order chi connectivity index (χ0) is 35.2. The predicted molar refractivity (Wildman–Crippen MR) is 212 cm³/mol. The van der Waals surface area contributed by atoms with Crippen molar-refractivity contribution >= 4 is 60.8 Å². The first-order valence-electron chi connectivity index (χ1n) is 17.7. The molecule has 0 bridgehead atoms. The molecule has 4 heterocycles. The minimum absolute atomic E-state index is 0.00345. The first kappa shape index (κ1) is 31.2. The molecule has 6 heteroatoms. The number of hydrogen-bond acceptors (Lipinski definition) is 5. The number of hydrogen-bond donors (Lipinski definition) is 0. The molecular formula is C45H42N4O2. The lowest BCUT2D eigenvalue weighted by atomic mass is 9.86. The third kappa shape index (κ3) is 5.20. The van der Waals surface area contributed by atoms with Gasteiger partial charge in [0.25, 0.3) is 0 Å². The van der Waals surface area contributed by atoms with Crippen LogP contribution in [0.1, 0.15) is 52.7 Å². The van der Waals surface area contributed by atoms with Gasteiger partial charge < -0.3 is 19.0 Å². The van der Waals surface area contributed by atoms with Crippen molar-refractivity contribution in [2.24, 2.45) is 0 Å². The minimum atomic E-state index is -0.0899. The van der Waals surface area contributed by atoms with E-state index < -0.39 is 0 Å². The van der Waals surface area contributed by atoms with Gasteiger partial charge in [-0.25, -0.2) is 4.98 Å². The molecule has 9 rings (SSSR count).